The van der Waals surface area contributed by atoms with Gasteiger partial charge < -0.3 is 10.5 Å². The van der Waals surface area contributed by atoms with Crippen molar-refractivity contribution in [2.75, 3.05) is 13.7 Å². The van der Waals surface area contributed by atoms with Crippen LogP contribution in [0.5, 0.6) is 0 Å². The van der Waals surface area contributed by atoms with E-state index in [1.807, 2.05) is 0 Å². The van der Waals surface area contributed by atoms with Gasteiger partial charge in [-0.05, 0) is 19.1 Å². The average Bonchev–Trinajstić information content (AvgIpc) is 2.10. The summed E-state index contributed by atoms with van der Waals surface area (Å²) < 4.78 is 17.7. The zero-order valence-electron chi connectivity index (χ0n) is 7.75. The number of hydrogen-bond donors (Lipinski definition) is 1. The van der Waals surface area contributed by atoms with Gasteiger partial charge in [0.2, 0.25) is 0 Å². The minimum Gasteiger partial charge on any atom is -0.383 e. The van der Waals surface area contributed by atoms with Crippen molar-refractivity contribution < 1.29 is 9.13 Å². The zero-order valence-corrected chi connectivity index (χ0v) is 7.75. The summed E-state index contributed by atoms with van der Waals surface area (Å²) in [5.41, 5.74) is 6.73. The van der Waals surface area contributed by atoms with Gasteiger partial charge in [0.05, 0.1) is 24.0 Å². The summed E-state index contributed by atoms with van der Waals surface area (Å²) in [6, 6.07) is 2.66. The van der Waals surface area contributed by atoms with Crippen LogP contribution in [-0.4, -0.2) is 18.7 Å². The molecule has 0 bridgehead atoms. The molecule has 0 aliphatic rings. The summed E-state index contributed by atoms with van der Waals surface area (Å²) in [5.74, 6) is -0.312. The van der Waals surface area contributed by atoms with Crippen molar-refractivity contribution in [1.29, 1.82) is 0 Å². The van der Waals surface area contributed by atoms with Crippen LogP contribution in [0.2, 0.25) is 0 Å². The molecule has 0 amide bonds. The first-order valence-corrected chi connectivity index (χ1v) is 4.02. The van der Waals surface area contributed by atoms with Crippen molar-refractivity contribution in [3.8, 4) is 0 Å². The SMILES string of the molecule is COCC(N)c1ccc(F)c(C)n1. The van der Waals surface area contributed by atoms with Crippen LogP contribution in [0, 0.1) is 12.7 Å². The van der Waals surface area contributed by atoms with Crippen LogP contribution in [0.4, 0.5) is 4.39 Å². The molecule has 1 aromatic heterocycles. The average molecular weight is 184 g/mol. The molecule has 72 valence electrons. The van der Waals surface area contributed by atoms with Crippen molar-refractivity contribution in [1.82, 2.24) is 4.98 Å². The number of aromatic nitrogens is 1. The lowest BCUT2D eigenvalue weighted by Crippen LogP contribution is -2.18. The van der Waals surface area contributed by atoms with E-state index in [1.165, 1.54) is 6.07 Å². The van der Waals surface area contributed by atoms with E-state index in [2.05, 4.69) is 4.98 Å². The molecule has 1 rings (SSSR count). The number of nitrogens with two attached hydrogens (primary N) is 1. The Bertz CT molecular complexity index is 291. The molecule has 1 aromatic rings. The number of hydrogen-bond acceptors (Lipinski definition) is 3. The van der Waals surface area contributed by atoms with Crippen molar-refractivity contribution >= 4 is 0 Å². The smallest absolute Gasteiger partial charge is 0.144 e. The first kappa shape index (κ1) is 10.1. The maximum atomic E-state index is 12.8. The van der Waals surface area contributed by atoms with E-state index >= 15 is 0 Å². The Balaban J connectivity index is 2.84. The first-order valence-electron chi connectivity index (χ1n) is 4.02. The Morgan fingerprint density at radius 3 is 2.85 bits per heavy atom. The Kier molecular flexibility index (Phi) is 3.33. The van der Waals surface area contributed by atoms with E-state index in [0.29, 0.717) is 18.0 Å². The van der Waals surface area contributed by atoms with Crippen LogP contribution >= 0.6 is 0 Å². The maximum absolute atomic E-state index is 12.8. The van der Waals surface area contributed by atoms with Gasteiger partial charge in [-0.25, -0.2) is 4.39 Å². The number of ether oxygens (including phenoxy) is 1. The van der Waals surface area contributed by atoms with Crippen LogP contribution in [0.1, 0.15) is 17.4 Å². The summed E-state index contributed by atoms with van der Waals surface area (Å²) in [5, 5.41) is 0. The third kappa shape index (κ3) is 2.47. The predicted molar refractivity (Wildman–Crippen MR) is 47.7 cm³/mol. The fourth-order valence-corrected chi connectivity index (χ4v) is 1.03. The van der Waals surface area contributed by atoms with Crippen LogP contribution < -0.4 is 5.73 Å². The van der Waals surface area contributed by atoms with Gasteiger partial charge >= 0.3 is 0 Å². The topological polar surface area (TPSA) is 48.1 Å². The molecule has 1 unspecified atom stereocenters. The van der Waals surface area contributed by atoms with Crippen LogP contribution in [0.15, 0.2) is 12.1 Å². The van der Waals surface area contributed by atoms with Crippen molar-refractivity contribution in [2.45, 2.75) is 13.0 Å². The zero-order chi connectivity index (χ0) is 9.84. The van der Waals surface area contributed by atoms with Gasteiger partial charge in [0, 0.05) is 7.11 Å². The highest BCUT2D eigenvalue weighted by Crippen LogP contribution is 2.10. The fraction of sp³-hybridized carbons (Fsp3) is 0.444. The van der Waals surface area contributed by atoms with Gasteiger partial charge in [-0.1, -0.05) is 0 Å². The largest absolute Gasteiger partial charge is 0.383 e. The van der Waals surface area contributed by atoms with Gasteiger partial charge in [0.1, 0.15) is 5.82 Å². The fourth-order valence-electron chi connectivity index (χ4n) is 1.03. The molecule has 1 atom stereocenters. The van der Waals surface area contributed by atoms with E-state index < -0.39 is 0 Å². The summed E-state index contributed by atoms with van der Waals surface area (Å²) in [7, 11) is 1.57. The van der Waals surface area contributed by atoms with E-state index in [-0.39, 0.29) is 11.9 Å². The van der Waals surface area contributed by atoms with Gasteiger partial charge in [-0.15, -0.1) is 0 Å². The monoisotopic (exact) mass is 184 g/mol. The highest BCUT2D eigenvalue weighted by molar-refractivity contribution is 5.14. The molecule has 2 N–H and O–H groups in total. The third-order valence-electron chi connectivity index (χ3n) is 1.77. The highest BCUT2D eigenvalue weighted by Gasteiger charge is 2.08. The van der Waals surface area contributed by atoms with E-state index in [9.17, 15) is 4.39 Å². The highest BCUT2D eigenvalue weighted by atomic mass is 19.1. The first-order chi connectivity index (χ1) is 6.15. The van der Waals surface area contributed by atoms with Crippen LogP contribution in [0.3, 0.4) is 0 Å². The molecule has 0 aliphatic carbocycles. The molecule has 0 radical (unpaired) electrons. The number of nitrogens with zero attached hydrogens (tertiary/aromatic N) is 1. The molecule has 4 heteroatoms. The molecule has 0 spiro atoms. The van der Waals surface area contributed by atoms with Gasteiger partial charge in [-0.2, -0.15) is 0 Å². The van der Waals surface area contributed by atoms with E-state index in [0.717, 1.165) is 0 Å². The molecule has 3 nitrogen and oxygen atoms in total. The maximum Gasteiger partial charge on any atom is 0.144 e. The number of halogens is 1. The summed E-state index contributed by atoms with van der Waals surface area (Å²) in [6.07, 6.45) is 0. The minimum absolute atomic E-state index is 0.288. The molecular weight excluding hydrogens is 171 g/mol. The second-order valence-corrected chi connectivity index (χ2v) is 2.87. The molecular formula is C9H13FN2O. The lowest BCUT2D eigenvalue weighted by Gasteiger charge is -2.10. The summed E-state index contributed by atoms with van der Waals surface area (Å²) >= 11 is 0. The molecule has 0 saturated heterocycles. The predicted octanol–water partition coefficient (Wildman–Crippen LogP) is 1.18. The Morgan fingerprint density at radius 2 is 2.31 bits per heavy atom. The van der Waals surface area contributed by atoms with Gasteiger partial charge in [0.15, 0.2) is 0 Å². The van der Waals surface area contributed by atoms with Crippen molar-refractivity contribution in [2.24, 2.45) is 5.73 Å². The minimum atomic E-state index is -0.312. The Hall–Kier alpha value is -1.00. The molecule has 0 saturated carbocycles. The summed E-state index contributed by atoms with van der Waals surface area (Å²) in [6.45, 7) is 2.00. The second kappa shape index (κ2) is 4.30. The molecule has 1 heterocycles. The second-order valence-electron chi connectivity index (χ2n) is 2.87. The Morgan fingerprint density at radius 1 is 1.62 bits per heavy atom. The third-order valence-corrected chi connectivity index (χ3v) is 1.77. The molecule has 0 fully saturated rings. The lowest BCUT2D eigenvalue weighted by molar-refractivity contribution is 0.179. The standard InChI is InChI=1S/C9H13FN2O/c1-6-7(10)3-4-9(12-6)8(11)5-13-2/h3-4,8H,5,11H2,1-2H3. The number of rotatable bonds is 3. The van der Waals surface area contributed by atoms with Crippen molar-refractivity contribution in [3.05, 3.63) is 29.3 Å². The normalized spacial score (nSPS) is 12.9. The van der Waals surface area contributed by atoms with Gasteiger partial charge in [-0.3, -0.25) is 4.98 Å². The Labute approximate surface area is 76.7 Å². The van der Waals surface area contributed by atoms with Crippen LogP contribution in [-0.2, 0) is 4.74 Å². The number of aryl methyl sites for hydroxylation is 1. The quantitative estimate of drug-likeness (QED) is 0.767. The molecule has 0 aromatic carbocycles. The van der Waals surface area contributed by atoms with E-state index in [1.54, 1.807) is 20.1 Å². The van der Waals surface area contributed by atoms with Crippen molar-refractivity contribution in [3.63, 3.8) is 0 Å². The molecule has 13 heavy (non-hydrogen) atoms. The van der Waals surface area contributed by atoms with Crippen LogP contribution in [0.25, 0.3) is 0 Å². The van der Waals surface area contributed by atoms with E-state index in [4.69, 9.17) is 10.5 Å². The van der Waals surface area contributed by atoms with Gasteiger partial charge in [0.25, 0.3) is 0 Å². The number of pyridine rings is 1. The lowest BCUT2D eigenvalue weighted by atomic mass is 10.2. The number of methoxy groups -OCH3 is 1. The molecule has 0 aliphatic heterocycles. The summed E-state index contributed by atoms with van der Waals surface area (Å²) in [4.78, 5) is 4.01.